The molecule has 1 fully saturated rings. The molecule has 1 aliphatic carbocycles. The predicted octanol–water partition coefficient (Wildman–Crippen LogP) is 3.19. The van der Waals surface area contributed by atoms with E-state index in [1.54, 1.807) is 0 Å². The first kappa shape index (κ1) is 15.2. The molecule has 0 unspecified atom stereocenters. The van der Waals surface area contributed by atoms with Crippen LogP contribution in [0.3, 0.4) is 0 Å². The molecule has 0 heterocycles. The van der Waals surface area contributed by atoms with E-state index in [4.69, 9.17) is 0 Å². The number of rotatable bonds is 4. The molecule has 4 heteroatoms. The monoisotopic (exact) mass is 291 g/mol. The molecular weight excluding hydrogens is 266 g/mol. The number of hydrogen-bond donors (Lipinski definition) is 2. The van der Waals surface area contributed by atoms with Gasteiger partial charge in [0.05, 0.1) is 0 Å². The number of guanidine groups is 1. The maximum absolute atomic E-state index is 4.20. The van der Waals surface area contributed by atoms with E-state index in [0.29, 0.717) is 4.75 Å². The van der Waals surface area contributed by atoms with Crippen LogP contribution in [0.1, 0.15) is 31.2 Å². The fraction of sp³-hybridized carbons (Fsp3) is 0.562. The molecule has 110 valence electrons. The summed E-state index contributed by atoms with van der Waals surface area (Å²) in [7, 11) is 3.72. The van der Waals surface area contributed by atoms with Gasteiger partial charge in [-0.05, 0) is 31.9 Å². The summed E-state index contributed by atoms with van der Waals surface area (Å²) in [6.07, 6.45) is 5.22. The van der Waals surface area contributed by atoms with Crippen molar-refractivity contribution in [3.8, 4) is 0 Å². The van der Waals surface area contributed by atoms with Crippen molar-refractivity contribution in [3.63, 3.8) is 0 Å². The van der Waals surface area contributed by atoms with E-state index < -0.39 is 0 Å². The number of benzene rings is 1. The predicted molar refractivity (Wildman–Crippen MR) is 88.7 cm³/mol. The molecule has 20 heavy (non-hydrogen) atoms. The topological polar surface area (TPSA) is 36.4 Å². The molecule has 1 aromatic carbocycles. The van der Waals surface area contributed by atoms with E-state index >= 15 is 0 Å². The average molecular weight is 291 g/mol. The molecule has 0 amide bonds. The summed E-state index contributed by atoms with van der Waals surface area (Å²) >= 11 is 2.03. The maximum Gasteiger partial charge on any atom is 0.190 e. The van der Waals surface area contributed by atoms with Crippen LogP contribution in [-0.4, -0.2) is 31.3 Å². The second-order valence-electron chi connectivity index (χ2n) is 5.48. The van der Waals surface area contributed by atoms with Crippen molar-refractivity contribution in [2.75, 3.05) is 20.6 Å². The molecular formula is C16H25N3S. The lowest BCUT2D eigenvalue weighted by Crippen LogP contribution is -2.43. The van der Waals surface area contributed by atoms with Crippen molar-refractivity contribution >= 4 is 17.7 Å². The molecule has 2 N–H and O–H groups in total. The van der Waals surface area contributed by atoms with Crippen LogP contribution in [-0.2, 0) is 0 Å². The van der Waals surface area contributed by atoms with Crippen LogP contribution >= 0.6 is 11.8 Å². The largest absolute Gasteiger partial charge is 0.359 e. The third-order valence-corrected chi connectivity index (χ3v) is 5.40. The summed E-state index contributed by atoms with van der Waals surface area (Å²) in [6.45, 7) is 3.11. The quantitative estimate of drug-likeness (QED) is 0.661. The zero-order chi connectivity index (χ0) is 14.4. The first-order valence-electron chi connectivity index (χ1n) is 7.31. The highest BCUT2D eigenvalue weighted by Gasteiger charge is 2.35. The van der Waals surface area contributed by atoms with E-state index in [1.807, 2.05) is 25.9 Å². The van der Waals surface area contributed by atoms with Gasteiger partial charge in [0.15, 0.2) is 5.96 Å². The van der Waals surface area contributed by atoms with E-state index in [2.05, 4.69) is 46.8 Å². The lowest BCUT2D eigenvalue weighted by molar-refractivity contribution is 0.585. The molecule has 0 radical (unpaired) electrons. The Balaban J connectivity index is 2.03. The Labute approximate surface area is 126 Å². The first-order chi connectivity index (χ1) is 9.67. The Morgan fingerprint density at radius 3 is 2.45 bits per heavy atom. The third kappa shape index (κ3) is 3.92. The Kier molecular flexibility index (Phi) is 5.35. The SMILES string of the molecule is CN=C(NC)NCC1(Sc2ccc(C)cc2)CCCC1. The third-order valence-electron chi connectivity index (χ3n) is 3.91. The molecule has 0 atom stereocenters. The van der Waals surface area contributed by atoms with Crippen LogP contribution in [0.5, 0.6) is 0 Å². The average Bonchev–Trinajstić information content (AvgIpc) is 2.91. The van der Waals surface area contributed by atoms with Crippen LogP contribution in [0.25, 0.3) is 0 Å². The number of aryl methyl sites for hydroxylation is 1. The molecule has 0 spiro atoms. The van der Waals surface area contributed by atoms with Crippen LogP contribution < -0.4 is 10.6 Å². The number of thioether (sulfide) groups is 1. The molecule has 2 rings (SSSR count). The molecule has 0 bridgehead atoms. The molecule has 0 aliphatic heterocycles. The zero-order valence-electron chi connectivity index (χ0n) is 12.7. The van der Waals surface area contributed by atoms with Crippen molar-refractivity contribution in [1.29, 1.82) is 0 Å². The zero-order valence-corrected chi connectivity index (χ0v) is 13.5. The molecule has 0 aromatic heterocycles. The van der Waals surface area contributed by atoms with E-state index in [-0.39, 0.29) is 0 Å². The summed E-state index contributed by atoms with van der Waals surface area (Å²) in [4.78, 5) is 5.58. The Morgan fingerprint density at radius 2 is 1.90 bits per heavy atom. The Bertz CT molecular complexity index is 447. The highest BCUT2D eigenvalue weighted by Crippen LogP contribution is 2.44. The Morgan fingerprint density at radius 1 is 1.25 bits per heavy atom. The maximum atomic E-state index is 4.20. The second-order valence-corrected chi connectivity index (χ2v) is 7.02. The number of nitrogens with zero attached hydrogens (tertiary/aromatic N) is 1. The van der Waals surface area contributed by atoms with E-state index in [9.17, 15) is 0 Å². The fourth-order valence-corrected chi connectivity index (χ4v) is 4.12. The smallest absolute Gasteiger partial charge is 0.190 e. The van der Waals surface area contributed by atoms with Gasteiger partial charge in [0.2, 0.25) is 0 Å². The lowest BCUT2D eigenvalue weighted by atomic mass is 10.1. The van der Waals surface area contributed by atoms with Crippen LogP contribution in [0.2, 0.25) is 0 Å². The van der Waals surface area contributed by atoms with Crippen molar-refractivity contribution in [2.24, 2.45) is 4.99 Å². The summed E-state index contributed by atoms with van der Waals surface area (Å²) in [5.41, 5.74) is 1.32. The number of nitrogens with one attached hydrogen (secondary N) is 2. The van der Waals surface area contributed by atoms with Gasteiger partial charge in [0.25, 0.3) is 0 Å². The molecule has 0 saturated heterocycles. The fourth-order valence-electron chi connectivity index (χ4n) is 2.71. The minimum Gasteiger partial charge on any atom is -0.359 e. The number of aliphatic imine (C=N–C) groups is 1. The van der Waals surface area contributed by atoms with Crippen molar-refractivity contribution in [3.05, 3.63) is 29.8 Å². The molecule has 1 aliphatic rings. The van der Waals surface area contributed by atoms with Gasteiger partial charge in [-0.15, -0.1) is 11.8 Å². The normalized spacial score (nSPS) is 18.1. The van der Waals surface area contributed by atoms with E-state index in [1.165, 1.54) is 36.1 Å². The number of hydrogen-bond acceptors (Lipinski definition) is 2. The molecule has 3 nitrogen and oxygen atoms in total. The van der Waals surface area contributed by atoms with Crippen molar-refractivity contribution in [1.82, 2.24) is 10.6 Å². The van der Waals surface area contributed by atoms with Gasteiger partial charge in [-0.1, -0.05) is 30.5 Å². The van der Waals surface area contributed by atoms with Gasteiger partial charge >= 0.3 is 0 Å². The summed E-state index contributed by atoms with van der Waals surface area (Å²) < 4.78 is 0.308. The van der Waals surface area contributed by atoms with Gasteiger partial charge in [-0.3, -0.25) is 4.99 Å². The molecule has 1 aromatic rings. The molecule has 1 saturated carbocycles. The van der Waals surface area contributed by atoms with Gasteiger partial charge in [-0.25, -0.2) is 0 Å². The van der Waals surface area contributed by atoms with Crippen LogP contribution in [0.15, 0.2) is 34.2 Å². The summed E-state index contributed by atoms with van der Waals surface area (Å²) in [5.74, 6) is 0.876. The van der Waals surface area contributed by atoms with Gasteiger partial charge in [-0.2, -0.15) is 0 Å². The highest BCUT2D eigenvalue weighted by molar-refractivity contribution is 8.00. The van der Waals surface area contributed by atoms with Crippen LogP contribution in [0, 0.1) is 6.92 Å². The minimum atomic E-state index is 0.308. The van der Waals surface area contributed by atoms with Crippen LogP contribution in [0.4, 0.5) is 0 Å². The van der Waals surface area contributed by atoms with Gasteiger partial charge in [0, 0.05) is 30.3 Å². The van der Waals surface area contributed by atoms with Crippen molar-refractivity contribution in [2.45, 2.75) is 42.2 Å². The summed E-state index contributed by atoms with van der Waals surface area (Å²) in [6, 6.07) is 8.88. The van der Waals surface area contributed by atoms with E-state index in [0.717, 1.165) is 12.5 Å². The first-order valence-corrected chi connectivity index (χ1v) is 8.13. The Hall–Kier alpha value is -1.16. The van der Waals surface area contributed by atoms with Crippen molar-refractivity contribution < 1.29 is 0 Å². The highest BCUT2D eigenvalue weighted by atomic mass is 32.2. The second kappa shape index (κ2) is 7.02. The lowest BCUT2D eigenvalue weighted by Gasteiger charge is -2.29. The minimum absolute atomic E-state index is 0.308. The van der Waals surface area contributed by atoms with Gasteiger partial charge < -0.3 is 10.6 Å². The van der Waals surface area contributed by atoms with Gasteiger partial charge in [0.1, 0.15) is 0 Å². The summed E-state index contributed by atoms with van der Waals surface area (Å²) in [5, 5.41) is 6.55. The standard InChI is InChI=1S/C16H25N3S/c1-13-6-8-14(9-7-13)20-16(10-4-5-11-16)12-19-15(17-2)18-3/h6-9H,4-5,10-12H2,1-3H3,(H2,17,18,19).